The predicted molar refractivity (Wildman–Crippen MR) is 142 cm³/mol. The third-order valence-electron chi connectivity index (χ3n) is 4.57. The van der Waals surface area contributed by atoms with Gasteiger partial charge in [0.25, 0.3) is 0 Å². The van der Waals surface area contributed by atoms with Crippen LogP contribution in [0.2, 0.25) is 10.0 Å². The molecule has 0 saturated heterocycles. The van der Waals surface area contributed by atoms with E-state index in [2.05, 4.69) is 15.6 Å². The van der Waals surface area contributed by atoms with Crippen LogP contribution in [-0.4, -0.2) is 23.1 Å². The van der Waals surface area contributed by atoms with E-state index in [1.54, 1.807) is 37.4 Å². The molecular weight excluding hydrogens is 513 g/mol. The van der Waals surface area contributed by atoms with E-state index in [1.165, 1.54) is 23.5 Å². The molecule has 4 rings (SSSR count). The van der Waals surface area contributed by atoms with Crippen molar-refractivity contribution < 1.29 is 13.9 Å². The van der Waals surface area contributed by atoms with Crippen LogP contribution in [0.5, 0.6) is 5.75 Å². The average Bonchev–Trinajstić information content (AvgIpc) is 3.47. The van der Waals surface area contributed by atoms with Crippen LogP contribution >= 0.6 is 46.8 Å². The van der Waals surface area contributed by atoms with E-state index in [0.29, 0.717) is 32.3 Å². The molecule has 2 aromatic carbocycles. The maximum absolute atomic E-state index is 12.2. The lowest BCUT2D eigenvalue weighted by Crippen LogP contribution is -2.32. The van der Waals surface area contributed by atoms with Gasteiger partial charge in [0.2, 0.25) is 5.91 Å². The third-order valence-corrected chi connectivity index (χ3v) is 6.08. The smallest absolute Gasteiger partial charge is 0.250 e. The van der Waals surface area contributed by atoms with E-state index in [0.717, 1.165) is 17.0 Å². The Morgan fingerprint density at radius 1 is 1.15 bits per heavy atom. The highest BCUT2D eigenvalue weighted by molar-refractivity contribution is 7.80. The number of amides is 1. The lowest BCUT2D eigenvalue weighted by Gasteiger charge is -2.04. The van der Waals surface area contributed by atoms with Gasteiger partial charge >= 0.3 is 0 Å². The van der Waals surface area contributed by atoms with E-state index in [4.69, 9.17) is 44.6 Å². The minimum absolute atomic E-state index is 0.137. The van der Waals surface area contributed by atoms with Crippen LogP contribution in [0.25, 0.3) is 28.7 Å². The quantitative estimate of drug-likeness (QED) is 0.208. The van der Waals surface area contributed by atoms with Crippen molar-refractivity contribution in [3.63, 3.8) is 0 Å². The van der Waals surface area contributed by atoms with Gasteiger partial charge in [0.1, 0.15) is 17.3 Å². The van der Waals surface area contributed by atoms with Gasteiger partial charge in [-0.25, -0.2) is 4.98 Å². The van der Waals surface area contributed by atoms with Gasteiger partial charge in [0, 0.05) is 27.6 Å². The first-order chi connectivity index (χ1) is 16.4. The number of carbonyl (C=O) groups is 1. The van der Waals surface area contributed by atoms with Crippen LogP contribution in [0.4, 0.5) is 5.13 Å². The molecule has 2 heterocycles. The molecule has 0 fully saturated rings. The molecule has 4 aromatic rings. The van der Waals surface area contributed by atoms with Crippen LogP contribution in [0.15, 0.2) is 70.5 Å². The summed E-state index contributed by atoms with van der Waals surface area (Å²) in [5.41, 5.74) is 2.44. The summed E-state index contributed by atoms with van der Waals surface area (Å²) in [5.74, 6) is 1.41. The largest absolute Gasteiger partial charge is 0.497 e. The molecule has 0 saturated carbocycles. The van der Waals surface area contributed by atoms with E-state index < -0.39 is 5.91 Å². The molecule has 172 valence electrons. The maximum atomic E-state index is 12.2. The van der Waals surface area contributed by atoms with E-state index >= 15 is 0 Å². The monoisotopic (exact) mass is 529 g/mol. The zero-order chi connectivity index (χ0) is 24.1. The number of furan rings is 1. The molecule has 0 atom stereocenters. The third kappa shape index (κ3) is 6.03. The van der Waals surface area contributed by atoms with Gasteiger partial charge in [-0.15, -0.1) is 11.3 Å². The van der Waals surface area contributed by atoms with Crippen molar-refractivity contribution >= 4 is 69.0 Å². The van der Waals surface area contributed by atoms with Crippen molar-refractivity contribution in [1.82, 2.24) is 10.3 Å². The number of halogens is 2. The number of carbonyl (C=O) groups excluding carboxylic acids is 1. The number of aromatic nitrogens is 1. The fourth-order valence-corrected chi connectivity index (χ4v) is 4.43. The zero-order valence-electron chi connectivity index (χ0n) is 17.7. The highest BCUT2D eigenvalue weighted by Gasteiger charge is 2.10. The summed E-state index contributed by atoms with van der Waals surface area (Å²) in [7, 11) is 1.62. The number of nitrogens with one attached hydrogen (secondary N) is 2. The molecule has 0 unspecified atom stereocenters. The highest BCUT2D eigenvalue weighted by Crippen LogP contribution is 2.32. The van der Waals surface area contributed by atoms with Crippen molar-refractivity contribution in [1.29, 1.82) is 0 Å². The number of benzene rings is 2. The van der Waals surface area contributed by atoms with E-state index in [-0.39, 0.29) is 5.11 Å². The number of hydrogen-bond donors (Lipinski definition) is 2. The molecule has 0 bridgehead atoms. The highest BCUT2D eigenvalue weighted by atomic mass is 35.5. The lowest BCUT2D eigenvalue weighted by atomic mass is 10.2. The van der Waals surface area contributed by atoms with Gasteiger partial charge in [-0.05, 0) is 72.9 Å². The summed E-state index contributed by atoms with van der Waals surface area (Å²) >= 11 is 18.7. The fourth-order valence-electron chi connectivity index (χ4n) is 2.94. The normalized spacial score (nSPS) is 10.9. The molecule has 0 aliphatic carbocycles. The molecule has 2 N–H and O–H groups in total. The van der Waals surface area contributed by atoms with Gasteiger partial charge in [0.15, 0.2) is 10.2 Å². The number of anilines is 1. The Balaban J connectivity index is 1.32. The first-order valence-corrected chi connectivity index (χ1v) is 11.9. The Kier molecular flexibility index (Phi) is 7.64. The number of thiazole rings is 1. The number of ether oxygens (including phenoxy) is 1. The Labute approximate surface area is 215 Å². The summed E-state index contributed by atoms with van der Waals surface area (Å²) in [4.78, 5) is 16.7. The minimum atomic E-state index is -0.410. The Bertz CT molecular complexity index is 1360. The van der Waals surface area contributed by atoms with Crippen LogP contribution < -0.4 is 15.4 Å². The summed E-state index contributed by atoms with van der Waals surface area (Å²) in [6.07, 6.45) is 2.86. The first-order valence-electron chi connectivity index (χ1n) is 9.86. The molecule has 0 spiro atoms. The molecule has 0 radical (unpaired) electrons. The SMILES string of the molecule is COc1ccc(-c2csc(NC(=S)NC(=O)/C=C/c3ccc(-c4ccc(Cl)cc4Cl)o3)n2)cc1. The summed E-state index contributed by atoms with van der Waals surface area (Å²) in [6, 6.07) is 16.2. The van der Waals surface area contributed by atoms with Gasteiger partial charge < -0.3 is 14.5 Å². The Morgan fingerprint density at radius 2 is 1.94 bits per heavy atom. The second-order valence-electron chi connectivity index (χ2n) is 6.87. The standard InChI is InChI=1S/C24H17Cl2N3O3S2/c1-31-16-5-2-14(3-6-16)20-13-34-24(27-20)29-23(33)28-22(30)11-8-17-7-10-21(32-17)18-9-4-15(25)12-19(18)26/h2-13H,1H3,(H2,27,28,29,30,33)/b11-8+. The van der Waals surface area contributed by atoms with Gasteiger partial charge in [-0.3, -0.25) is 10.1 Å². The van der Waals surface area contributed by atoms with Crippen molar-refractivity contribution in [3.8, 4) is 28.3 Å². The average molecular weight is 530 g/mol. The molecule has 6 nitrogen and oxygen atoms in total. The molecule has 1 amide bonds. The van der Waals surface area contributed by atoms with E-state index in [1.807, 2.05) is 29.6 Å². The van der Waals surface area contributed by atoms with Crippen LogP contribution in [0, 0.1) is 0 Å². The zero-order valence-corrected chi connectivity index (χ0v) is 20.8. The van der Waals surface area contributed by atoms with E-state index in [9.17, 15) is 4.79 Å². The van der Waals surface area contributed by atoms with Crippen molar-refractivity contribution in [2.45, 2.75) is 0 Å². The molecule has 2 aromatic heterocycles. The number of thiocarbonyl (C=S) groups is 1. The predicted octanol–water partition coefficient (Wildman–Crippen LogP) is 6.91. The van der Waals surface area contributed by atoms with Gasteiger partial charge in [0.05, 0.1) is 17.8 Å². The van der Waals surface area contributed by atoms with Crippen LogP contribution in [0.3, 0.4) is 0 Å². The molecular formula is C24H17Cl2N3O3S2. The summed E-state index contributed by atoms with van der Waals surface area (Å²) in [6.45, 7) is 0. The molecule has 34 heavy (non-hydrogen) atoms. The molecule has 0 aliphatic rings. The van der Waals surface area contributed by atoms with Crippen molar-refractivity contribution in [2.75, 3.05) is 12.4 Å². The topological polar surface area (TPSA) is 76.4 Å². The van der Waals surface area contributed by atoms with Gasteiger partial charge in [-0.1, -0.05) is 23.2 Å². The molecule has 0 aliphatic heterocycles. The van der Waals surface area contributed by atoms with Crippen LogP contribution in [0.1, 0.15) is 5.76 Å². The number of nitrogens with zero attached hydrogens (tertiary/aromatic N) is 1. The maximum Gasteiger partial charge on any atom is 0.250 e. The fraction of sp³-hybridized carbons (Fsp3) is 0.0417. The van der Waals surface area contributed by atoms with Crippen LogP contribution in [-0.2, 0) is 4.79 Å². The number of methoxy groups -OCH3 is 1. The number of hydrogen-bond acceptors (Lipinski definition) is 6. The Hall–Kier alpha value is -3.17. The summed E-state index contributed by atoms with van der Waals surface area (Å²) in [5, 5.41) is 9.12. The second-order valence-corrected chi connectivity index (χ2v) is 8.98. The Morgan fingerprint density at radius 3 is 2.68 bits per heavy atom. The molecule has 10 heteroatoms. The first kappa shape index (κ1) is 24.0. The van der Waals surface area contributed by atoms with Crippen molar-refractivity contribution in [3.05, 3.63) is 81.9 Å². The minimum Gasteiger partial charge on any atom is -0.497 e. The number of rotatable bonds is 6. The summed E-state index contributed by atoms with van der Waals surface area (Å²) < 4.78 is 10.9. The van der Waals surface area contributed by atoms with Crippen molar-refractivity contribution in [2.24, 2.45) is 0 Å². The van der Waals surface area contributed by atoms with Gasteiger partial charge in [-0.2, -0.15) is 0 Å². The second kappa shape index (κ2) is 10.8. The lowest BCUT2D eigenvalue weighted by molar-refractivity contribution is -0.115.